The number of pyridine rings is 1. The monoisotopic (exact) mass is 334 g/mol. The molecule has 90 valence electrons. The summed E-state index contributed by atoms with van der Waals surface area (Å²) in [5, 5.41) is 0. The Morgan fingerprint density at radius 3 is 2.56 bits per heavy atom. The van der Waals surface area contributed by atoms with Gasteiger partial charge in [-0.1, -0.05) is 19.9 Å². The number of halogens is 1. The third-order valence-corrected chi connectivity index (χ3v) is 2.39. The predicted molar refractivity (Wildman–Crippen MR) is 77.9 cm³/mol. The van der Waals surface area contributed by atoms with Crippen LogP contribution in [-0.4, -0.2) is 17.5 Å². The summed E-state index contributed by atoms with van der Waals surface area (Å²) < 4.78 is 0. The minimum Gasteiger partial charge on any atom is -0.370 e. The predicted octanol–water partition coefficient (Wildman–Crippen LogP) is 1.71. The molecule has 0 radical (unpaired) electrons. The summed E-state index contributed by atoms with van der Waals surface area (Å²) in [7, 11) is 0. The lowest BCUT2D eigenvalue weighted by atomic mass is 9.89. The third kappa shape index (κ3) is 4.78. The molecule has 0 spiro atoms. The summed E-state index contributed by atoms with van der Waals surface area (Å²) in [6.07, 6.45) is 3.63. The standard InChI is InChI=1S/C11H18N4.HI/c1-8(2)10(7-15-11(12)13)9-4-3-5-14-6-9;/h3-6,8,10H,7H2,1-2H3,(H4,12,13,15);1H. The summed E-state index contributed by atoms with van der Waals surface area (Å²) in [6, 6.07) is 3.99. The van der Waals surface area contributed by atoms with Crippen LogP contribution in [0.2, 0.25) is 0 Å². The van der Waals surface area contributed by atoms with Crippen molar-refractivity contribution in [3.05, 3.63) is 30.1 Å². The number of nitrogens with two attached hydrogens (primary N) is 2. The van der Waals surface area contributed by atoms with E-state index in [1.807, 2.05) is 12.3 Å². The molecule has 0 amide bonds. The fraction of sp³-hybridized carbons (Fsp3) is 0.455. The lowest BCUT2D eigenvalue weighted by Gasteiger charge is -2.18. The Balaban J connectivity index is 0.00000225. The molecule has 1 heterocycles. The van der Waals surface area contributed by atoms with Crippen molar-refractivity contribution >= 4 is 29.9 Å². The fourth-order valence-electron chi connectivity index (χ4n) is 1.50. The van der Waals surface area contributed by atoms with Crippen molar-refractivity contribution in [2.45, 2.75) is 19.8 Å². The van der Waals surface area contributed by atoms with Crippen molar-refractivity contribution in [2.24, 2.45) is 22.4 Å². The van der Waals surface area contributed by atoms with E-state index in [1.54, 1.807) is 6.20 Å². The van der Waals surface area contributed by atoms with Crippen molar-refractivity contribution in [2.75, 3.05) is 6.54 Å². The summed E-state index contributed by atoms with van der Waals surface area (Å²) in [4.78, 5) is 8.17. The Bertz CT molecular complexity index is 320. The number of aliphatic imine (C=N–C) groups is 1. The molecule has 1 atom stereocenters. The average Bonchev–Trinajstić information content (AvgIpc) is 2.18. The number of aromatic nitrogens is 1. The van der Waals surface area contributed by atoms with E-state index in [0.29, 0.717) is 18.4 Å². The van der Waals surface area contributed by atoms with Crippen molar-refractivity contribution < 1.29 is 0 Å². The highest BCUT2D eigenvalue weighted by molar-refractivity contribution is 14.0. The van der Waals surface area contributed by atoms with Gasteiger partial charge in [-0.15, -0.1) is 24.0 Å². The Kier molecular flexibility index (Phi) is 7.03. The van der Waals surface area contributed by atoms with E-state index in [2.05, 4.69) is 29.9 Å². The highest BCUT2D eigenvalue weighted by Gasteiger charge is 2.15. The SMILES string of the molecule is CC(C)C(CN=C(N)N)c1cccnc1.I. The van der Waals surface area contributed by atoms with Gasteiger partial charge in [-0.2, -0.15) is 0 Å². The molecule has 4 N–H and O–H groups in total. The first-order chi connectivity index (χ1) is 7.11. The Labute approximate surface area is 114 Å². The molecule has 0 saturated heterocycles. The third-order valence-electron chi connectivity index (χ3n) is 2.39. The van der Waals surface area contributed by atoms with Gasteiger partial charge >= 0.3 is 0 Å². The highest BCUT2D eigenvalue weighted by atomic mass is 127. The van der Waals surface area contributed by atoms with Crippen LogP contribution in [0.15, 0.2) is 29.5 Å². The van der Waals surface area contributed by atoms with Crippen LogP contribution in [0.3, 0.4) is 0 Å². The number of hydrogen-bond acceptors (Lipinski definition) is 2. The second-order valence-corrected chi connectivity index (χ2v) is 3.90. The van der Waals surface area contributed by atoms with Crippen LogP contribution in [-0.2, 0) is 0 Å². The van der Waals surface area contributed by atoms with Gasteiger partial charge in [-0.3, -0.25) is 9.98 Å². The molecular formula is C11H19IN4. The van der Waals surface area contributed by atoms with E-state index in [9.17, 15) is 0 Å². The molecular weight excluding hydrogens is 315 g/mol. The normalized spacial score (nSPS) is 11.7. The molecule has 1 rings (SSSR count). The highest BCUT2D eigenvalue weighted by Crippen LogP contribution is 2.23. The van der Waals surface area contributed by atoms with Crippen molar-refractivity contribution in [1.82, 2.24) is 4.98 Å². The first-order valence-electron chi connectivity index (χ1n) is 5.06. The molecule has 0 aliphatic heterocycles. The first kappa shape index (κ1) is 15.2. The molecule has 16 heavy (non-hydrogen) atoms. The van der Waals surface area contributed by atoms with E-state index in [-0.39, 0.29) is 29.9 Å². The van der Waals surface area contributed by atoms with Crippen LogP contribution in [0.5, 0.6) is 0 Å². The van der Waals surface area contributed by atoms with Crippen LogP contribution in [0.4, 0.5) is 0 Å². The smallest absolute Gasteiger partial charge is 0.185 e. The fourth-order valence-corrected chi connectivity index (χ4v) is 1.50. The zero-order chi connectivity index (χ0) is 11.3. The molecule has 4 nitrogen and oxygen atoms in total. The molecule has 1 aromatic heterocycles. The van der Waals surface area contributed by atoms with Crippen LogP contribution in [0.25, 0.3) is 0 Å². The maximum absolute atomic E-state index is 5.33. The van der Waals surface area contributed by atoms with Crippen LogP contribution >= 0.6 is 24.0 Å². The lowest BCUT2D eigenvalue weighted by Crippen LogP contribution is -2.24. The van der Waals surface area contributed by atoms with E-state index in [0.717, 1.165) is 0 Å². The minimum absolute atomic E-state index is 0. The van der Waals surface area contributed by atoms with E-state index < -0.39 is 0 Å². The maximum Gasteiger partial charge on any atom is 0.185 e. The van der Waals surface area contributed by atoms with Crippen molar-refractivity contribution in [3.63, 3.8) is 0 Å². The number of rotatable bonds is 4. The lowest BCUT2D eigenvalue weighted by molar-refractivity contribution is 0.505. The van der Waals surface area contributed by atoms with Gasteiger partial charge in [0.2, 0.25) is 0 Å². The number of hydrogen-bond donors (Lipinski definition) is 2. The average molecular weight is 334 g/mol. The zero-order valence-corrected chi connectivity index (χ0v) is 12.0. The van der Waals surface area contributed by atoms with Crippen LogP contribution < -0.4 is 11.5 Å². The summed E-state index contributed by atoms with van der Waals surface area (Å²) in [5.41, 5.74) is 11.8. The van der Waals surface area contributed by atoms with Gasteiger partial charge in [-0.25, -0.2) is 0 Å². The quantitative estimate of drug-likeness (QED) is 0.500. The van der Waals surface area contributed by atoms with Gasteiger partial charge in [0.25, 0.3) is 0 Å². The van der Waals surface area contributed by atoms with Gasteiger partial charge in [0.05, 0.1) is 0 Å². The van der Waals surface area contributed by atoms with Gasteiger partial charge in [0.1, 0.15) is 0 Å². The minimum atomic E-state index is 0. The zero-order valence-electron chi connectivity index (χ0n) is 9.63. The number of nitrogens with zero attached hydrogens (tertiary/aromatic N) is 2. The van der Waals surface area contributed by atoms with E-state index >= 15 is 0 Å². The Hall–Kier alpha value is -0.850. The molecule has 1 aromatic rings. The summed E-state index contributed by atoms with van der Waals surface area (Å²) in [5.74, 6) is 0.947. The van der Waals surface area contributed by atoms with Crippen molar-refractivity contribution in [3.8, 4) is 0 Å². The summed E-state index contributed by atoms with van der Waals surface area (Å²) in [6.45, 7) is 4.92. The summed E-state index contributed by atoms with van der Waals surface area (Å²) >= 11 is 0. The van der Waals surface area contributed by atoms with Gasteiger partial charge in [0.15, 0.2) is 5.96 Å². The molecule has 0 aliphatic carbocycles. The molecule has 1 unspecified atom stereocenters. The molecule has 0 fully saturated rings. The van der Waals surface area contributed by atoms with Gasteiger partial charge in [0, 0.05) is 24.9 Å². The molecule has 5 heteroatoms. The maximum atomic E-state index is 5.33. The molecule has 0 aromatic carbocycles. The van der Waals surface area contributed by atoms with Gasteiger partial charge < -0.3 is 11.5 Å². The number of guanidine groups is 1. The van der Waals surface area contributed by atoms with E-state index in [1.165, 1.54) is 5.56 Å². The van der Waals surface area contributed by atoms with Crippen molar-refractivity contribution in [1.29, 1.82) is 0 Å². The van der Waals surface area contributed by atoms with Crippen LogP contribution in [0.1, 0.15) is 25.3 Å². The largest absolute Gasteiger partial charge is 0.370 e. The molecule has 0 aliphatic rings. The van der Waals surface area contributed by atoms with E-state index in [4.69, 9.17) is 11.5 Å². The van der Waals surface area contributed by atoms with Gasteiger partial charge in [-0.05, 0) is 17.5 Å². The molecule has 0 bridgehead atoms. The second kappa shape index (κ2) is 7.43. The Morgan fingerprint density at radius 1 is 1.44 bits per heavy atom. The second-order valence-electron chi connectivity index (χ2n) is 3.90. The first-order valence-corrected chi connectivity index (χ1v) is 5.06. The topological polar surface area (TPSA) is 77.3 Å². The molecule has 0 saturated carbocycles. The Morgan fingerprint density at radius 2 is 2.12 bits per heavy atom. The van der Waals surface area contributed by atoms with Crippen LogP contribution in [0, 0.1) is 5.92 Å².